The molecular formula is C12H26O4Si. The number of ether oxygens (including phenoxy) is 2. The highest BCUT2D eigenvalue weighted by Gasteiger charge is 2.40. The van der Waals surface area contributed by atoms with Gasteiger partial charge < -0.3 is 19.0 Å². The van der Waals surface area contributed by atoms with E-state index in [0.717, 1.165) is 0 Å². The highest BCUT2D eigenvalue weighted by Crippen LogP contribution is 2.37. The second-order valence-electron chi connectivity index (χ2n) is 6.21. The van der Waals surface area contributed by atoms with Gasteiger partial charge in [0.05, 0.1) is 12.7 Å². The Morgan fingerprint density at radius 3 is 2.41 bits per heavy atom. The van der Waals surface area contributed by atoms with Gasteiger partial charge in [-0.05, 0) is 18.1 Å². The summed E-state index contributed by atoms with van der Waals surface area (Å²) in [6.07, 6.45) is -0.394. The maximum Gasteiger partial charge on any atom is 0.192 e. The van der Waals surface area contributed by atoms with Crippen LogP contribution < -0.4 is 0 Å². The molecule has 1 N–H and O–H groups in total. The van der Waals surface area contributed by atoms with Crippen LogP contribution >= 0.6 is 0 Å². The third kappa shape index (κ3) is 3.76. The molecule has 0 unspecified atom stereocenters. The quantitative estimate of drug-likeness (QED) is 0.789. The molecule has 0 aromatic carbocycles. The molecule has 0 aliphatic carbocycles. The number of methoxy groups -OCH3 is 1. The molecular weight excluding hydrogens is 236 g/mol. The Kier molecular flexibility index (Phi) is 4.77. The molecule has 5 heteroatoms. The third-order valence-corrected chi connectivity index (χ3v) is 8.40. The van der Waals surface area contributed by atoms with Crippen LogP contribution in [-0.2, 0) is 13.9 Å². The van der Waals surface area contributed by atoms with Gasteiger partial charge >= 0.3 is 0 Å². The zero-order chi connectivity index (χ0) is 13.3. The van der Waals surface area contributed by atoms with Crippen molar-refractivity contribution in [3.63, 3.8) is 0 Å². The zero-order valence-electron chi connectivity index (χ0n) is 11.8. The lowest BCUT2D eigenvalue weighted by atomic mass is 10.2. The van der Waals surface area contributed by atoms with Gasteiger partial charge in [-0.15, -0.1) is 0 Å². The lowest BCUT2D eigenvalue weighted by molar-refractivity contribution is -0.107. The van der Waals surface area contributed by atoms with Crippen LogP contribution in [0, 0.1) is 0 Å². The minimum atomic E-state index is -1.75. The molecule has 0 saturated carbocycles. The Bertz CT molecular complexity index is 249. The predicted octanol–water partition coefficient (Wildman–Crippen LogP) is 2.13. The van der Waals surface area contributed by atoms with Crippen LogP contribution in [0.5, 0.6) is 0 Å². The van der Waals surface area contributed by atoms with Gasteiger partial charge in [-0.1, -0.05) is 20.8 Å². The van der Waals surface area contributed by atoms with Gasteiger partial charge in [-0.2, -0.15) is 0 Å². The van der Waals surface area contributed by atoms with Crippen molar-refractivity contribution < 1.29 is 19.0 Å². The number of hydrogen-bond acceptors (Lipinski definition) is 4. The van der Waals surface area contributed by atoms with Crippen LogP contribution in [0.4, 0.5) is 0 Å². The van der Waals surface area contributed by atoms with Crippen LogP contribution in [0.15, 0.2) is 0 Å². The fourth-order valence-electron chi connectivity index (χ4n) is 1.60. The summed E-state index contributed by atoms with van der Waals surface area (Å²) in [5.74, 6) is 0. The Morgan fingerprint density at radius 1 is 1.35 bits per heavy atom. The summed E-state index contributed by atoms with van der Waals surface area (Å²) in [6, 6.07) is 0. The van der Waals surface area contributed by atoms with E-state index in [2.05, 4.69) is 33.9 Å². The van der Waals surface area contributed by atoms with Crippen LogP contribution in [0.25, 0.3) is 0 Å². The van der Waals surface area contributed by atoms with Crippen molar-refractivity contribution >= 4 is 8.32 Å². The number of hydrogen-bond donors (Lipinski definition) is 1. The summed E-state index contributed by atoms with van der Waals surface area (Å²) < 4.78 is 16.8. The predicted molar refractivity (Wildman–Crippen MR) is 69.4 cm³/mol. The molecule has 0 radical (unpaired) electrons. The number of rotatable bonds is 4. The number of aliphatic hydroxyl groups excluding tert-OH is 1. The Labute approximate surface area is 105 Å². The standard InChI is InChI=1S/C12H26O4Si/c1-12(2,3)17(5,6)15-8-10-9(14-4)7-11(13)16-10/h9-11,13H,7-8H2,1-6H3/t9-,10+,11-/m0/s1. The van der Waals surface area contributed by atoms with E-state index in [9.17, 15) is 5.11 Å². The lowest BCUT2D eigenvalue weighted by Gasteiger charge is -2.37. The van der Waals surface area contributed by atoms with Gasteiger partial charge in [0.25, 0.3) is 0 Å². The van der Waals surface area contributed by atoms with Crippen LogP contribution in [0.1, 0.15) is 27.2 Å². The molecule has 1 rings (SSSR count). The fourth-order valence-corrected chi connectivity index (χ4v) is 2.61. The largest absolute Gasteiger partial charge is 0.414 e. The van der Waals surface area contributed by atoms with Gasteiger partial charge in [0.2, 0.25) is 0 Å². The molecule has 1 saturated heterocycles. The van der Waals surface area contributed by atoms with Crippen molar-refractivity contribution in [2.75, 3.05) is 13.7 Å². The van der Waals surface area contributed by atoms with E-state index in [4.69, 9.17) is 13.9 Å². The molecule has 1 aliphatic heterocycles. The second kappa shape index (κ2) is 5.36. The van der Waals surface area contributed by atoms with Crippen molar-refractivity contribution in [3.8, 4) is 0 Å². The first-order valence-corrected chi connectivity index (χ1v) is 9.08. The average Bonchev–Trinajstić information content (AvgIpc) is 2.54. The molecule has 1 fully saturated rings. The van der Waals surface area contributed by atoms with E-state index in [-0.39, 0.29) is 17.2 Å². The van der Waals surface area contributed by atoms with E-state index >= 15 is 0 Å². The maximum atomic E-state index is 9.44. The zero-order valence-corrected chi connectivity index (χ0v) is 12.8. The van der Waals surface area contributed by atoms with Crippen molar-refractivity contribution in [2.45, 2.75) is 63.8 Å². The van der Waals surface area contributed by atoms with Crippen LogP contribution in [-0.4, -0.2) is 45.6 Å². The Hall–Kier alpha value is 0.0569. The minimum absolute atomic E-state index is 0.0604. The third-order valence-electron chi connectivity index (χ3n) is 3.90. The maximum absolute atomic E-state index is 9.44. The van der Waals surface area contributed by atoms with Crippen molar-refractivity contribution in [1.82, 2.24) is 0 Å². The van der Waals surface area contributed by atoms with Gasteiger partial charge in [-0.25, -0.2) is 0 Å². The molecule has 17 heavy (non-hydrogen) atoms. The molecule has 0 amide bonds. The SMILES string of the molecule is CO[C@H]1C[C@@H](O)O[C@@H]1CO[Si](C)(C)C(C)(C)C. The Morgan fingerprint density at radius 2 is 1.94 bits per heavy atom. The molecule has 0 aromatic heterocycles. The summed E-state index contributed by atoms with van der Waals surface area (Å²) in [5, 5.41) is 9.63. The molecule has 0 aromatic rings. The second-order valence-corrected chi connectivity index (χ2v) is 11.0. The van der Waals surface area contributed by atoms with Crippen LogP contribution in [0.3, 0.4) is 0 Å². The molecule has 3 atom stereocenters. The Balaban J connectivity index is 2.50. The van der Waals surface area contributed by atoms with Gasteiger partial charge in [0.1, 0.15) is 6.10 Å². The first-order valence-electron chi connectivity index (χ1n) is 6.17. The normalized spacial score (nSPS) is 30.9. The minimum Gasteiger partial charge on any atom is -0.414 e. The fraction of sp³-hybridized carbons (Fsp3) is 1.00. The summed E-state index contributed by atoms with van der Waals surface area (Å²) in [7, 11) is -0.110. The van der Waals surface area contributed by atoms with Crippen molar-refractivity contribution in [3.05, 3.63) is 0 Å². The highest BCUT2D eigenvalue weighted by atomic mass is 28.4. The first-order chi connectivity index (χ1) is 7.67. The smallest absolute Gasteiger partial charge is 0.192 e. The van der Waals surface area contributed by atoms with Crippen LogP contribution in [0.2, 0.25) is 18.1 Å². The summed E-state index contributed by atoms with van der Waals surface area (Å²) >= 11 is 0. The van der Waals surface area contributed by atoms with E-state index in [1.54, 1.807) is 7.11 Å². The topological polar surface area (TPSA) is 47.9 Å². The lowest BCUT2D eigenvalue weighted by Crippen LogP contribution is -2.44. The molecule has 1 heterocycles. The van der Waals surface area contributed by atoms with E-state index in [1.165, 1.54) is 0 Å². The van der Waals surface area contributed by atoms with E-state index in [0.29, 0.717) is 13.0 Å². The van der Waals surface area contributed by atoms with E-state index < -0.39 is 14.6 Å². The molecule has 4 nitrogen and oxygen atoms in total. The summed E-state index contributed by atoms with van der Waals surface area (Å²) in [5.41, 5.74) is 0. The van der Waals surface area contributed by atoms with E-state index in [1.807, 2.05) is 0 Å². The van der Waals surface area contributed by atoms with Crippen molar-refractivity contribution in [2.24, 2.45) is 0 Å². The molecule has 0 bridgehead atoms. The van der Waals surface area contributed by atoms with Gasteiger partial charge in [0.15, 0.2) is 14.6 Å². The van der Waals surface area contributed by atoms with Gasteiger partial charge in [-0.3, -0.25) is 0 Å². The van der Waals surface area contributed by atoms with Crippen molar-refractivity contribution in [1.29, 1.82) is 0 Å². The summed E-state index contributed by atoms with van der Waals surface area (Å²) in [6.45, 7) is 11.5. The highest BCUT2D eigenvalue weighted by molar-refractivity contribution is 6.74. The molecule has 102 valence electrons. The molecule has 0 spiro atoms. The average molecular weight is 262 g/mol. The summed E-state index contributed by atoms with van der Waals surface area (Å²) in [4.78, 5) is 0. The monoisotopic (exact) mass is 262 g/mol. The molecule has 1 aliphatic rings. The number of aliphatic hydroxyl groups is 1. The van der Waals surface area contributed by atoms with Gasteiger partial charge in [0, 0.05) is 13.5 Å². The first kappa shape index (κ1) is 15.1.